The molecule has 0 bridgehead atoms. The summed E-state index contributed by atoms with van der Waals surface area (Å²) in [6.45, 7) is 3.65. The number of hydrogen-bond acceptors (Lipinski definition) is 8. The molecule has 0 amide bonds. The van der Waals surface area contributed by atoms with Gasteiger partial charge in [-0.25, -0.2) is 0 Å². The van der Waals surface area contributed by atoms with Gasteiger partial charge in [0.1, 0.15) is 19.0 Å². The summed E-state index contributed by atoms with van der Waals surface area (Å²) in [4.78, 5) is 13.3. The van der Waals surface area contributed by atoms with Crippen LogP contribution in [0.1, 0.15) is 42.0 Å². The fourth-order valence-electron chi connectivity index (χ4n) is 6.11. The van der Waals surface area contributed by atoms with E-state index >= 15 is 0 Å². The summed E-state index contributed by atoms with van der Waals surface area (Å²) in [5.41, 5.74) is 2.82. The zero-order valence-electron chi connectivity index (χ0n) is 25.9. The highest BCUT2D eigenvalue weighted by Gasteiger charge is 2.45. The number of benzene rings is 4. The van der Waals surface area contributed by atoms with Crippen molar-refractivity contribution in [3.8, 4) is 45.6 Å². The van der Waals surface area contributed by atoms with Crippen molar-refractivity contribution in [1.29, 1.82) is 0 Å². The lowest BCUT2D eigenvalue weighted by atomic mass is 9.78. The lowest BCUT2D eigenvalue weighted by molar-refractivity contribution is -0.124. The summed E-state index contributed by atoms with van der Waals surface area (Å²) in [7, 11) is 6.18. The van der Waals surface area contributed by atoms with E-state index in [2.05, 4.69) is 0 Å². The molecule has 5 rings (SSSR count). The highest BCUT2D eigenvalue weighted by Crippen LogP contribution is 2.58. The Balaban J connectivity index is 1.80. The van der Waals surface area contributed by atoms with Gasteiger partial charge >= 0.3 is 0 Å². The zero-order chi connectivity index (χ0) is 31.4. The van der Waals surface area contributed by atoms with Crippen molar-refractivity contribution < 1.29 is 38.3 Å². The molecule has 1 N–H and O–H groups in total. The third kappa shape index (κ3) is 5.77. The number of Topliss-reactive ketones (excluding diaryl/α,β-unsaturated/α-hetero) is 1. The van der Waals surface area contributed by atoms with Crippen molar-refractivity contribution in [3.63, 3.8) is 0 Å². The Labute approximate surface area is 258 Å². The predicted molar refractivity (Wildman–Crippen MR) is 167 cm³/mol. The maximum atomic E-state index is 13.3. The topological polar surface area (TPSA) is 92.7 Å². The van der Waals surface area contributed by atoms with Gasteiger partial charge in [0.25, 0.3) is 0 Å². The molecular weight excluding hydrogens is 560 g/mol. The molecule has 0 aliphatic heterocycles. The average molecular weight is 599 g/mol. The third-order valence-corrected chi connectivity index (χ3v) is 7.95. The fraction of sp³-hybridized carbons (Fsp3) is 0.306. The van der Waals surface area contributed by atoms with Gasteiger partial charge in [-0.2, -0.15) is 0 Å². The molecule has 0 heterocycles. The first-order valence-electron chi connectivity index (χ1n) is 14.4. The molecule has 8 nitrogen and oxygen atoms in total. The highest BCUT2D eigenvalue weighted by molar-refractivity contribution is 5.95. The maximum absolute atomic E-state index is 13.3. The van der Waals surface area contributed by atoms with E-state index < -0.39 is 11.5 Å². The Hall–Kier alpha value is -4.69. The first-order valence-corrected chi connectivity index (χ1v) is 14.4. The van der Waals surface area contributed by atoms with Gasteiger partial charge in [0.2, 0.25) is 11.5 Å². The SMILES string of the molecule is COc1cc2c(c(OC)c1OCc1ccccc1)-c1c(cc(OC)c(OCc3ccccc3)c1OC)[C@H](C(C)=O)[C@](C)(O)C2. The first-order chi connectivity index (χ1) is 21.2. The molecule has 0 saturated heterocycles. The Morgan fingerprint density at radius 3 is 1.66 bits per heavy atom. The van der Waals surface area contributed by atoms with E-state index in [-0.39, 0.29) is 25.4 Å². The average Bonchev–Trinajstić information content (AvgIpc) is 3.12. The molecule has 44 heavy (non-hydrogen) atoms. The minimum Gasteiger partial charge on any atom is -0.493 e. The molecule has 4 aromatic carbocycles. The Morgan fingerprint density at radius 2 is 1.20 bits per heavy atom. The van der Waals surface area contributed by atoms with Gasteiger partial charge in [-0.3, -0.25) is 4.79 Å². The predicted octanol–water partition coefficient (Wildman–Crippen LogP) is 6.53. The van der Waals surface area contributed by atoms with Crippen LogP contribution in [-0.4, -0.2) is 44.9 Å². The van der Waals surface area contributed by atoms with Crippen molar-refractivity contribution in [3.05, 3.63) is 95.1 Å². The van der Waals surface area contributed by atoms with Crippen molar-refractivity contribution in [1.82, 2.24) is 0 Å². The van der Waals surface area contributed by atoms with Crippen LogP contribution < -0.4 is 28.4 Å². The van der Waals surface area contributed by atoms with Crippen molar-refractivity contribution in [2.75, 3.05) is 28.4 Å². The molecule has 1 aliphatic carbocycles. The number of ether oxygens (including phenoxy) is 6. The van der Waals surface area contributed by atoms with Crippen LogP contribution in [-0.2, 0) is 24.4 Å². The molecular formula is C36H38O8. The molecule has 230 valence electrons. The summed E-state index contributed by atoms with van der Waals surface area (Å²) in [5.74, 6) is 1.15. The number of aliphatic hydroxyl groups is 1. The molecule has 8 heteroatoms. The lowest BCUT2D eigenvalue weighted by Crippen LogP contribution is -2.38. The summed E-state index contributed by atoms with van der Waals surface area (Å²) in [6, 6.07) is 23.1. The maximum Gasteiger partial charge on any atom is 0.204 e. The monoisotopic (exact) mass is 598 g/mol. The quantitative estimate of drug-likeness (QED) is 0.209. The molecule has 2 atom stereocenters. The van der Waals surface area contributed by atoms with Gasteiger partial charge in [0, 0.05) is 17.5 Å². The second-order valence-electron chi connectivity index (χ2n) is 11.0. The molecule has 0 aromatic heterocycles. The van der Waals surface area contributed by atoms with Crippen LogP contribution in [0.2, 0.25) is 0 Å². The number of carbonyl (C=O) groups excluding carboxylic acids is 1. The Morgan fingerprint density at radius 1 is 0.727 bits per heavy atom. The van der Waals surface area contributed by atoms with E-state index in [0.717, 1.165) is 11.1 Å². The van der Waals surface area contributed by atoms with E-state index in [9.17, 15) is 9.90 Å². The van der Waals surface area contributed by atoms with Crippen molar-refractivity contribution >= 4 is 5.78 Å². The molecule has 0 radical (unpaired) electrons. The minimum absolute atomic E-state index is 0.124. The number of methoxy groups -OCH3 is 4. The summed E-state index contributed by atoms with van der Waals surface area (Å²) in [5, 5.41) is 11.9. The fourth-order valence-corrected chi connectivity index (χ4v) is 6.11. The standard InChI is InChI=1S/C36H38O8/c1-22(37)31-26-18-28(40-4)33(44-21-24-15-11-8-12-16-24)35(42-6)30(26)29-25(19-36(31,2)38)17-27(39-3)32(34(29)41-5)43-20-23-13-9-7-10-14-23/h7-18,31,38H,19-21H2,1-6H3/t31-,36+/m0/s1. The van der Waals surface area contributed by atoms with E-state index in [1.165, 1.54) is 14.0 Å². The second-order valence-corrected chi connectivity index (χ2v) is 11.0. The molecule has 0 saturated carbocycles. The van der Waals surface area contributed by atoms with Crippen LogP contribution in [0.25, 0.3) is 11.1 Å². The van der Waals surface area contributed by atoms with E-state index in [1.807, 2.05) is 66.7 Å². The van der Waals surface area contributed by atoms with E-state index in [1.54, 1.807) is 34.3 Å². The molecule has 0 spiro atoms. The van der Waals surface area contributed by atoms with E-state index in [4.69, 9.17) is 28.4 Å². The normalized spacial score (nSPS) is 17.0. The van der Waals surface area contributed by atoms with Gasteiger partial charge in [0.05, 0.1) is 40.0 Å². The minimum atomic E-state index is -1.48. The van der Waals surface area contributed by atoms with Gasteiger partial charge in [-0.15, -0.1) is 0 Å². The van der Waals surface area contributed by atoms with Gasteiger partial charge < -0.3 is 33.5 Å². The summed E-state index contributed by atoms with van der Waals surface area (Å²) >= 11 is 0. The summed E-state index contributed by atoms with van der Waals surface area (Å²) in [6.07, 6.45) is 0.124. The van der Waals surface area contributed by atoms with Crippen molar-refractivity contribution in [2.24, 2.45) is 0 Å². The number of hydrogen-bond donors (Lipinski definition) is 1. The smallest absolute Gasteiger partial charge is 0.204 e. The zero-order valence-corrected chi connectivity index (χ0v) is 25.9. The van der Waals surface area contributed by atoms with Crippen LogP contribution in [0.5, 0.6) is 34.5 Å². The number of rotatable bonds is 11. The van der Waals surface area contributed by atoms with Crippen LogP contribution >= 0.6 is 0 Å². The molecule has 0 unspecified atom stereocenters. The van der Waals surface area contributed by atoms with Crippen LogP contribution in [0.4, 0.5) is 0 Å². The number of fused-ring (bicyclic) bond motifs is 3. The molecule has 4 aromatic rings. The van der Waals surface area contributed by atoms with Gasteiger partial charge in [-0.1, -0.05) is 60.7 Å². The Kier molecular flexibility index (Phi) is 9.01. The number of ketones is 1. The van der Waals surface area contributed by atoms with Crippen LogP contribution in [0, 0.1) is 0 Å². The second kappa shape index (κ2) is 12.9. The lowest BCUT2D eigenvalue weighted by Gasteiger charge is -2.31. The largest absolute Gasteiger partial charge is 0.493 e. The van der Waals surface area contributed by atoms with Crippen LogP contribution in [0.15, 0.2) is 72.8 Å². The first kappa shape index (κ1) is 30.8. The van der Waals surface area contributed by atoms with E-state index in [0.29, 0.717) is 56.8 Å². The number of carbonyl (C=O) groups is 1. The van der Waals surface area contributed by atoms with Gasteiger partial charge in [0.15, 0.2) is 23.0 Å². The highest BCUT2D eigenvalue weighted by atomic mass is 16.5. The molecule has 1 aliphatic rings. The Bertz CT molecular complexity index is 1630. The van der Waals surface area contributed by atoms with Gasteiger partial charge in [-0.05, 0) is 48.2 Å². The van der Waals surface area contributed by atoms with Crippen LogP contribution in [0.3, 0.4) is 0 Å². The third-order valence-electron chi connectivity index (χ3n) is 7.95. The summed E-state index contributed by atoms with van der Waals surface area (Å²) < 4.78 is 36.5. The molecule has 0 fully saturated rings. The van der Waals surface area contributed by atoms with Crippen molar-refractivity contribution in [2.45, 2.75) is 45.0 Å².